The van der Waals surface area contributed by atoms with Crippen molar-refractivity contribution < 1.29 is 32.2 Å². The van der Waals surface area contributed by atoms with Crippen molar-refractivity contribution in [1.29, 1.82) is 0 Å². The van der Waals surface area contributed by atoms with E-state index in [9.17, 15) is 18.0 Å². The quantitative estimate of drug-likeness (QED) is 0.347. The summed E-state index contributed by atoms with van der Waals surface area (Å²) in [6.07, 6.45) is 0. The second-order valence-electron chi connectivity index (χ2n) is 7.71. The number of ether oxygens (including phenoxy) is 3. The van der Waals surface area contributed by atoms with Gasteiger partial charge in [-0.25, -0.2) is 8.42 Å². The minimum absolute atomic E-state index is 0.00973. The van der Waals surface area contributed by atoms with Crippen LogP contribution in [-0.4, -0.2) is 61.3 Å². The van der Waals surface area contributed by atoms with Gasteiger partial charge in [0.1, 0.15) is 6.54 Å². The Hall–Kier alpha value is -4.09. The highest BCUT2D eigenvalue weighted by Gasteiger charge is 2.28. The molecule has 0 radical (unpaired) electrons. The summed E-state index contributed by atoms with van der Waals surface area (Å²) in [5.41, 5.74) is 0.671. The van der Waals surface area contributed by atoms with Crippen molar-refractivity contribution in [2.24, 2.45) is 0 Å². The molecule has 37 heavy (non-hydrogen) atoms. The lowest BCUT2D eigenvalue weighted by molar-refractivity contribution is -0.114. The molecule has 10 nitrogen and oxygen atoms in total. The van der Waals surface area contributed by atoms with Crippen molar-refractivity contribution in [3.8, 4) is 11.5 Å². The Morgan fingerprint density at radius 3 is 2.22 bits per heavy atom. The number of benzene rings is 3. The van der Waals surface area contributed by atoms with Gasteiger partial charge < -0.3 is 24.8 Å². The summed E-state index contributed by atoms with van der Waals surface area (Å²) in [4.78, 5) is 25.8. The van der Waals surface area contributed by atoms with Crippen molar-refractivity contribution in [2.45, 2.75) is 4.90 Å². The molecule has 3 aromatic rings. The van der Waals surface area contributed by atoms with Crippen LogP contribution in [0.5, 0.6) is 11.5 Å². The van der Waals surface area contributed by atoms with Gasteiger partial charge in [0.2, 0.25) is 5.91 Å². The molecular formula is C26H29N3O7S. The number of para-hydroxylation sites is 1. The summed E-state index contributed by atoms with van der Waals surface area (Å²) >= 11 is 0. The minimum atomic E-state index is -4.14. The van der Waals surface area contributed by atoms with Crippen molar-refractivity contribution in [1.82, 2.24) is 5.32 Å². The Balaban J connectivity index is 1.93. The van der Waals surface area contributed by atoms with Gasteiger partial charge in [0.25, 0.3) is 15.9 Å². The van der Waals surface area contributed by atoms with Gasteiger partial charge >= 0.3 is 0 Å². The van der Waals surface area contributed by atoms with Gasteiger partial charge in [-0.3, -0.25) is 13.9 Å². The van der Waals surface area contributed by atoms with E-state index in [1.807, 2.05) is 0 Å². The van der Waals surface area contributed by atoms with Crippen LogP contribution in [0.15, 0.2) is 77.7 Å². The van der Waals surface area contributed by atoms with E-state index in [-0.39, 0.29) is 21.8 Å². The van der Waals surface area contributed by atoms with Gasteiger partial charge in [-0.1, -0.05) is 30.3 Å². The van der Waals surface area contributed by atoms with Crippen LogP contribution in [0, 0.1) is 0 Å². The third-order valence-corrected chi connectivity index (χ3v) is 7.10. The van der Waals surface area contributed by atoms with Crippen LogP contribution in [0.2, 0.25) is 0 Å². The first-order valence-corrected chi connectivity index (χ1v) is 12.7. The molecule has 0 atom stereocenters. The van der Waals surface area contributed by atoms with Gasteiger partial charge in [0.15, 0.2) is 11.5 Å². The van der Waals surface area contributed by atoms with E-state index < -0.39 is 28.4 Å². The molecule has 0 saturated heterocycles. The average Bonchev–Trinajstić information content (AvgIpc) is 2.92. The fraction of sp³-hybridized carbons (Fsp3) is 0.231. The summed E-state index contributed by atoms with van der Waals surface area (Å²) in [5, 5.41) is 5.37. The smallest absolute Gasteiger partial charge is 0.264 e. The van der Waals surface area contributed by atoms with E-state index in [1.165, 1.54) is 45.6 Å². The number of carbonyl (C=O) groups is 2. The SMILES string of the molecule is COCCNC(=O)c1ccccc1NC(=O)CN(c1ccc(OC)c(OC)c1)S(=O)(=O)c1ccccc1. The van der Waals surface area contributed by atoms with E-state index in [0.29, 0.717) is 24.7 Å². The van der Waals surface area contributed by atoms with Crippen molar-refractivity contribution in [2.75, 3.05) is 50.6 Å². The summed E-state index contributed by atoms with van der Waals surface area (Å²) in [6, 6.07) is 18.8. The van der Waals surface area contributed by atoms with E-state index in [4.69, 9.17) is 14.2 Å². The van der Waals surface area contributed by atoms with Crippen LogP contribution >= 0.6 is 0 Å². The Morgan fingerprint density at radius 2 is 1.54 bits per heavy atom. The van der Waals surface area contributed by atoms with Gasteiger partial charge in [-0.05, 0) is 36.4 Å². The number of nitrogens with one attached hydrogen (secondary N) is 2. The Labute approximate surface area is 216 Å². The first kappa shape index (κ1) is 27.5. The summed E-state index contributed by atoms with van der Waals surface area (Å²) in [6.45, 7) is 0.0598. The fourth-order valence-electron chi connectivity index (χ4n) is 3.49. The molecule has 0 unspecified atom stereocenters. The summed E-state index contributed by atoms with van der Waals surface area (Å²) in [5.74, 6) is -0.346. The largest absolute Gasteiger partial charge is 0.493 e. The third-order valence-electron chi connectivity index (χ3n) is 5.31. The molecule has 0 fully saturated rings. The summed E-state index contributed by atoms with van der Waals surface area (Å²) < 4.78 is 43.7. The average molecular weight is 528 g/mol. The number of rotatable bonds is 12. The molecule has 0 saturated carbocycles. The Morgan fingerprint density at radius 1 is 0.865 bits per heavy atom. The first-order chi connectivity index (χ1) is 17.8. The molecule has 0 aliphatic carbocycles. The summed E-state index contributed by atoms with van der Waals surface area (Å²) in [7, 11) is 0.272. The van der Waals surface area contributed by atoms with E-state index >= 15 is 0 Å². The lowest BCUT2D eigenvalue weighted by Gasteiger charge is -2.25. The maximum absolute atomic E-state index is 13.6. The second-order valence-corrected chi connectivity index (χ2v) is 9.57. The predicted octanol–water partition coefficient (Wildman–Crippen LogP) is 2.91. The predicted molar refractivity (Wildman–Crippen MR) is 140 cm³/mol. The van der Waals surface area contributed by atoms with Gasteiger partial charge in [-0.15, -0.1) is 0 Å². The number of anilines is 2. The number of sulfonamides is 1. The minimum Gasteiger partial charge on any atom is -0.493 e. The molecule has 0 bridgehead atoms. The topological polar surface area (TPSA) is 123 Å². The molecule has 11 heteroatoms. The molecule has 0 aliphatic rings. The molecule has 0 spiro atoms. The van der Waals surface area contributed by atoms with Crippen LogP contribution in [0.1, 0.15) is 10.4 Å². The molecule has 0 heterocycles. The highest BCUT2D eigenvalue weighted by molar-refractivity contribution is 7.92. The van der Waals surface area contributed by atoms with Gasteiger partial charge in [-0.2, -0.15) is 0 Å². The molecule has 2 N–H and O–H groups in total. The molecule has 0 aromatic heterocycles. The fourth-order valence-corrected chi connectivity index (χ4v) is 4.92. The second kappa shape index (κ2) is 12.7. The molecule has 3 aromatic carbocycles. The monoisotopic (exact) mass is 527 g/mol. The van der Waals surface area contributed by atoms with Crippen LogP contribution in [0.4, 0.5) is 11.4 Å². The molecule has 0 aliphatic heterocycles. The van der Waals surface area contributed by atoms with Crippen molar-refractivity contribution >= 4 is 33.2 Å². The lowest BCUT2D eigenvalue weighted by atomic mass is 10.1. The number of hydrogen-bond acceptors (Lipinski definition) is 7. The molecular weight excluding hydrogens is 498 g/mol. The van der Waals surface area contributed by atoms with E-state index in [2.05, 4.69) is 10.6 Å². The zero-order valence-corrected chi connectivity index (χ0v) is 21.6. The van der Waals surface area contributed by atoms with Crippen LogP contribution in [-0.2, 0) is 19.6 Å². The number of hydrogen-bond donors (Lipinski definition) is 2. The number of methoxy groups -OCH3 is 3. The van der Waals surface area contributed by atoms with Gasteiger partial charge in [0.05, 0.1) is 42.7 Å². The Bertz CT molecular complexity index is 1330. The molecule has 3 rings (SSSR count). The maximum atomic E-state index is 13.6. The molecule has 196 valence electrons. The maximum Gasteiger partial charge on any atom is 0.264 e. The Kier molecular flexibility index (Phi) is 9.47. The van der Waals surface area contributed by atoms with Crippen LogP contribution in [0.3, 0.4) is 0 Å². The van der Waals surface area contributed by atoms with Crippen molar-refractivity contribution in [3.63, 3.8) is 0 Å². The number of amides is 2. The van der Waals surface area contributed by atoms with Crippen molar-refractivity contribution in [3.05, 3.63) is 78.4 Å². The lowest BCUT2D eigenvalue weighted by Crippen LogP contribution is -2.38. The third kappa shape index (κ3) is 6.78. The normalized spacial score (nSPS) is 10.9. The van der Waals surface area contributed by atoms with Crippen LogP contribution < -0.4 is 24.4 Å². The van der Waals surface area contributed by atoms with E-state index in [0.717, 1.165) is 4.31 Å². The highest BCUT2D eigenvalue weighted by atomic mass is 32.2. The first-order valence-electron chi connectivity index (χ1n) is 11.3. The number of nitrogens with zero attached hydrogens (tertiary/aromatic N) is 1. The van der Waals surface area contributed by atoms with Crippen LogP contribution in [0.25, 0.3) is 0 Å². The van der Waals surface area contributed by atoms with Gasteiger partial charge in [0, 0.05) is 19.7 Å². The number of carbonyl (C=O) groups excluding carboxylic acids is 2. The standard InChI is InChI=1S/C26H29N3O7S/c1-34-16-15-27-26(31)21-11-7-8-12-22(21)28-25(30)18-29(37(32,33)20-9-5-4-6-10-20)19-13-14-23(35-2)24(17-19)36-3/h4-14,17H,15-16,18H2,1-3H3,(H,27,31)(H,28,30). The zero-order valence-electron chi connectivity index (χ0n) is 20.8. The molecule has 2 amide bonds. The van der Waals surface area contributed by atoms with E-state index in [1.54, 1.807) is 48.5 Å². The highest BCUT2D eigenvalue weighted by Crippen LogP contribution is 2.33. The zero-order chi connectivity index (χ0) is 26.8.